The number of benzene rings is 2. The number of rotatable bonds is 6. The standard InChI is InChI=1S/C21H25N3O5/c1-21(2,3)29-20(26)24-23-15-7-11-17(12-8-15)28-16-9-5-14(6-10-16)13-18(22)19(25)27-4/h5-12,18H,13,22H2,1-4H3/t18-/m0/s1. The fourth-order valence-corrected chi connectivity index (χ4v) is 2.28. The smallest absolute Gasteiger partial charge is 0.452 e. The van der Waals surface area contributed by atoms with Crippen LogP contribution < -0.4 is 10.5 Å². The number of azo groups is 1. The average molecular weight is 399 g/mol. The van der Waals surface area contributed by atoms with Gasteiger partial charge in [0.05, 0.1) is 12.8 Å². The lowest BCUT2D eigenvalue weighted by atomic mass is 10.1. The Morgan fingerprint density at radius 2 is 1.55 bits per heavy atom. The van der Waals surface area contributed by atoms with E-state index in [0.717, 1.165) is 5.56 Å². The summed E-state index contributed by atoms with van der Waals surface area (Å²) in [4.78, 5) is 22.9. The van der Waals surface area contributed by atoms with Crippen molar-refractivity contribution >= 4 is 17.7 Å². The van der Waals surface area contributed by atoms with E-state index in [1.807, 2.05) is 12.1 Å². The number of nitrogens with zero attached hydrogens (tertiary/aromatic N) is 2. The summed E-state index contributed by atoms with van der Waals surface area (Å²) in [5.41, 5.74) is 6.53. The van der Waals surface area contributed by atoms with Gasteiger partial charge < -0.3 is 19.9 Å². The molecule has 0 saturated heterocycles. The number of hydrogen-bond acceptors (Lipinski definition) is 7. The van der Waals surface area contributed by atoms with Crippen LogP contribution in [0.15, 0.2) is 58.8 Å². The lowest BCUT2D eigenvalue weighted by molar-refractivity contribution is -0.142. The maximum absolute atomic E-state index is 11.5. The van der Waals surface area contributed by atoms with Gasteiger partial charge in [-0.2, -0.15) is 0 Å². The zero-order valence-corrected chi connectivity index (χ0v) is 16.9. The Balaban J connectivity index is 1.92. The molecule has 1 atom stereocenters. The molecular weight excluding hydrogens is 374 g/mol. The number of carbonyl (C=O) groups excluding carboxylic acids is 2. The van der Waals surface area contributed by atoms with Gasteiger partial charge in [0.25, 0.3) is 0 Å². The Hall–Kier alpha value is -3.26. The molecule has 0 unspecified atom stereocenters. The van der Waals surface area contributed by atoms with Crippen LogP contribution in [0.5, 0.6) is 11.5 Å². The number of esters is 1. The third-order valence-corrected chi connectivity index (χ3v) is 3.60. The first-order valence-corrected chi connectivity index (χ1v) is 9.01. The quantitative estimate of drug-likeness (QED) is 0.563. The number of methoxy groups -OCH3 is 1. The summed E-state index contributed by atoms with van der Waals surface area (Å²) >= 11 is 0. The third kappa shape index (κ3) is 7.71. The van der Waals surface area contributed by atoms with E-state index in [9.17, 15) is 9.59 Å². The van der Waals surface area contributed by atoms with Gasteiger partial charge in [-0.1, -0.05) is 17.2 Å². The minimum Gasteiger partial charge on any atom is -0.468 e. The zero-order chi connectivity index (χ0) is 21.4. The Bertz CT molecular complexity index is 855. The Labute approximate surface area is 169 Å². The highest BCUT2D eigenvalue weighted by Gasteiger charge is 2.16. The van der Waals surface area contributed by atoms with E-state index in [-0.39, 0.29) is 0 Å². The molecule has 0 fully saturated rings. The van der Waals surface area contributed by atoms with Gasteiger partial charge in [0.2, 0.25) is 0 Å². The molecular formula is C21H25N3O5. The highest BCUT2D eigenvalue weighted by atomic mass is 16.6. The van der Waals surface area contributed by atoms with Gasteiger partial charge in [-0.15, -0.1) is 5.11 Å². The average Bonchev–Trinajstić information content (AvgIpc) is 2.67. The Morgan fingerprint density at radius 3 is 2.07 bits per heavy atom. The molecule has 0 aliphatic heterocycles. The SMILES string of the molecule is COC(=O)[C@@H](N)Cc1ccc(Oc2ccc(N=NC(=O)OC(C)(C)C)cc2)cc1. The van der Waals surface area contributed by atoms with Crippen molar-refractivity contribution in [2.75, 3.05) is 7.11 Å². The summed E-state index contributed by atoms with van der Waals surface area (Å²) in [6.07, 6.45) is -0.366. The van der Waals surface area contributed by atoms with Gasteiger partial charge in [0.15, 0.2) is 0 Å². The molecule has 29 heavy (non-hydrogen) atoms. The number of ether oxygens (including phenoxy) is 3. The van der Waals surface area contributed by atoms with Crippen molar-refractivity contribution in [2.24, 2.45) is 16.0 Å². The van der Waals surface area contributed by atoms with Crippen molar-refractivity contribution in [1.29, 1.82) is 0 Å². The van der Waals surface area contributed by atoms with Gasteiger partial charge in [-0.05, 0) is 69.2 Å². The van der Waals surface area contributed by atoms with Gasteiger partial charge in [0.1, 0.15) is 23.1 Å². The van der Waals surface area contributed by atoms with Crippen LogP contribution in [0.25, 0.3) is 0 Å². The molecule has 8 heteroatoms. The van der Waals surface area contributed by atoms with Crippen LogP contribution in [0.3, 0.4) is 0 Å². The van der Waals surface area contributed by atoms with Gasteiger partial charge in [-0.3, -0.25) is 4.79 Å². The second-order valence-electron chi connectivity index (χ2n) is 7.25. The fraction of sp³-hybridized carbons (Fsp3) is 0.333. The maximum Gasteiger partial charge on any atom is 0.452 e. The summed E-state index contributed by atoms with van der Waals surface area (Å²) in [5, 5.41) is 7.37. The molecule has 2 N–H and O–H groups in total. The summed E-state index contributed by atoms with van der Waals surface area (Å²) in [6.45, 7) is 5.27. The lowest BCUT2D eigenvalue weighted by Gasteiger charge is -2.16. The molecule has 8 nitrogen and oxygen atoms in total. The fourth-order valence-electron chi connectivity index (χ4n) is 2.28. The van der Waals surface area contributed by atoms with Crippen molar-refractivity contribution in [3.05, 3.63) is 54.1 Å². The minimum atomic E-state index is -0.746. The summed E-state index contributed by atoms with van der Waals surface area (Å²) in [5.74, 6) is 0.776. The van der Waals surface area contributed by atoms with Gasteiger partial charge in [-0.25, -0.2) is 4.79 Å². The summed E-state index contributed by atoms with van der Waals surface area (Å²) in [7, 11) is 1.31. The molecule has 0 aromatic heterocycles. The molecule has 1 amide bonds. The first kappa shape index (κ1) is 22.0. The topological polar surface area (TPSA) is 113 Å². The van der Waals surface area contributed by atoms with Crippen molar-refractivity contribution in [3.63, 3.8) is 0 Å². The Kier molecular flexibility index (Phi) is 7.44. The minimum absolute atomic E-state index is 0.379. The number of nitrogens with two attached hydrogens (primary N) is 1. The maximum atomic E-state index is 11.5. The van der Waals surface area contributed by atoms with E-state index in [1.165, 1.54) is 7.11 Å². The predicted molar refractivity (Wildman–Crippen MR) is 107 cm³/mol. The Morgan fingerprint density at radius 1 is 1.00 bits per heavy atom. The molecule has 0 heterocycles. The monoisotopic (exact) mass is 399 g/mol. The van der Waals surface area contributed by atoms with E-state index >= 15 is 0 Å². The molecule has 0 aliphatic rings. The number of carbonyl (C=O) groups is 2. The molecule has 0 bridgehead atoms. The highest BCUT2D eigenvalue weighted by molar-refractivity contribution is 5.75. The molecule has 0 aliphatic carbocycles. The van der Waals surface area contributed by atoms with E-state index < -0.39 is 23.7 Å². The summed E-state index contributed by atoms with van der Waals surface area (Å²) in [6, 6.07) is 13.3. The summed E-state index contributed by atoms with van der Waals surface area (Å²) < 4.78 is 15.4. The second-order valence-corrected chi connectivity index (χ2v) is 7.25. The molecule has 2 aromatic carbocycles. The van der Waals surface area contributed by atoms with E-state index in [0.29, 0.717) is 23.6 Å². The first-order valence-electron chi connectivity index (χ1n) is 9.01. The van der Waals surface area contributed by atoms with Gasteiger partial charge in [0, 0.05) is 0 Å². The van der Waals surface area contributed by atoms with Crippen molar-refractivity contribution in [2.45, 2.75) is 38.8 Å². The van der Waals surface area contributed by atoms with Gasteiger partial charge >= 0.3 is 12.1 Å². The molecule has 2 rings (SSSR count). The van der Waals surface area contributed by atoms with Crippen LogP contribution in [0, 0.1) is 0 Å². The van der Waals surface area contributed by atoms with Crippen molar-refractivity contribution < 1.29 is 23.8 Å². The van der Waals surface area contributed by atoms with Crippen LogP contribution in [-0.2, 0) is 20.7 Å². The van der Waals surface area contributed by atoms with E-state index in [4.69, 9.17) is 15.2 Å². The normalized spacial score (nSPS) is 12.4. The molecule has 2 aromatic rings. The van der Waals surface area contributed by atoms with Crippen LogP contribution in [0.1, 0.15) is 26.3 Å². The van der Waals surface area contributed by atoms with Crippen molar-refractivity contribution in [1.82, 2.24) is 0 Å². The zero-order valence-electron chi connectivity index (χ0n) is 16.9. The number of hydrogen-bond donors (Lipinski definition) is 1. The highest BCUT2D eigenvalue weighted by Crippen LogP contribution is 2.25. The molecule has 0 radical (unpaired) electrons. The van der Waals surface area contributed by atoms with Crippen LogP contribution >= 0.6 is 0 Å². The molecule has 0 saturated carbocycles. The largest absolute Gasteiger partial charge is 0.468 e. The van der Waals surface area contributed by atoms with Crippen LogP contribution in [0.4, 0.5) is 10.5 Å². The van der Waals surface area contributed by atoms with E-state index in [1.54, 1.807) is 57.2 Å². The molecule has 154 valence electrons. The third-order valence-electron chi connectivity index (χ3n) is 3.60. The first-order chi connectivity index (χ1) is 13.7. The van der Waals surface area contributed by atoms with Crippen LogP contribution in [-0.4, -0.2) is 30.8 Å². The van der Waals surface area contributed by atoms with Crippen LogP contribution in [0.2, 0.25) is 0 Å². The predicted octanol–water partition coefficient (Wildman–Crippen LogP) is 4.54. The van der Waals surface area contributed by atoms with Crippen molar-refractivity contribution in [3.8, 4) is 11.5 Å². The van der Waals surface area contributed by atoms with E-state index in [2.05, 4.69) is 15.0 Å². The lowest BCUT2D eigenvalue weighted by Crippen LogP contribution is -2.33. The second kappa shape index (κ2) is 9.79. The number of amides is 1. The molecule has 0 spiro atoms.